The number of aliphatic hydroxyl groups excluding tert-OH is 1. The summed E-state index contributed by atoms with van der Waals surface area (Å²) >= 11 is 0. The van der Waals surface area contributed by atoms with Crippen molar-refractivity contribution in [2.24, 2.45) is 0 Å². The molecular formula is C13H14O6. The van der Waals surface area contributed by atoms with E-state index in [2.05, 4.69) is 9.47 Å². The van der Waals surface area contributed by atoms with Gasteiger partial charge >= 0.3 is 11.9 Å². The SMILES string of the molecule is COC(=O)c1cc(C(=O)OC)cc(C(=O)[C@H](C)O)c1. The Bertz CT molecular complexity index is 484. The van der Waals surface area contributed by atoms with Crippen molar-refractivity contribution in [1.29, 1.82) is 0 Å². The Hall–Kier alpha value is -2.21. The van der Waals surface area contributed by atoms with Crippen molar-refractivity contribution in [2.45, 2.75) is 13.0 Å². The van der Waals surface area contributed by atoms with Gasteiger partial charge in [0.2, 0.25) is 0 Å². The van der Waals surface area contributed by atoms with E-state index in [-0.39, 0.29) is 16.7 Å². The van der Waals surface area contributed by atoms with Gasteiger partial charge in [-0.1, -0.05) is 0 Å². The van der Waals surface area contributed by atoms with Crippen molar-refractivity contribution in [2.75, 3.05) is 14.2 Å². The third kappa shape index (κ3) is 3.38. The van der Waals surface area contributed by atoms with E-state index in [1.54, 1.807) is 0 Å². The first-order chi connectivity index (χ1) is 8.90. The summed E-state index contributed by atoms with van der Waals surface area (Å²) < 4.78 is 9.07. The molecule has 1 N–H and O–H groups in total. The normalized spacial score (nSPS) is 11.6. The fourth-order valence-electron chi connectivity index (χ4n) is 1.48. The molecule has 0 fully saturated rings. The second-order valence-electron chi connectivity index (χ2n) is 3.82. The van der Waals surface area contributed by atoms with E-state index in [1.165, 1.54) is 39.3 Å². The molecule has 0 saturated heterocycles. The van der Waals surface area contributed by atoms with Crippen molar-refractivity contribution in [3.63, 3.8) is 0 Å². The molecule has 0 aliphatic carbocycles. The Morgan fingerprint density at radius 3 is 1.63 bits per heavy atom. The lowest BCUT2D eigenvalue weighted by Crippen LogP contribution is -2.18. The van der Waals surface area contributed by atoms with Crippen molar-refractivity contribution >= 4 is 17.7 Å². The van der Waals surface area contributed by atoms with E-state index in [4.69, 9.17) is 0 Å². The van der Waals surface area contributed by atoms with E-state index in [0.717, 1.165) is 0 Å². The van der Waals surface area contributed by atoms with Crippen LogP contribution in [0.1, 0.15) is 38.0 Å². The topological polar surface area (TPSA) is 89.9 Å². The number of esters is 2. The zero-order chi connectivity index (χ0) is 14.6. The van der Waals surface area contributed by atoms with Crippen LogP contribution in [0.4, 0.5) is 0 Å². The molecule has 6 heteroatoms. The first kappa shape index (κ1) is 14.8. The molecule has 0 heterocycles. The summed E-state index contributed by atoms with van der Waals surface area (Å²) in [5, 5.41) is 9.27. The van der Waals surface area contributed by atoms with Crippen molar-refractivity contribution < 1.29 is 29.0 Å². The van der Waals surface area contributed by atoms with Crippen molar-refractivity contribution in [3.8, 4) is 0 Å². The number of ketones is 1. The van der Waals surface area contributed by atoms with Crippen LogP contribution in [-0.4, -0.2) is 43.2 Å². The first-order valence-corrected chi connectivity index (χ1v) is 5.44. The standard InChI is InChI=1S/C13H14O6/c1-7(14)11(15)8-4-9(12(16)18-2)6-10(5-8)13(17)19-3/h4-7,14H,1-3H3/t7-/m0/s1. The molecule has 19 heavy (non-hydrogen) atoms. The average Bonchev–Trinajstić information content (AvgIpc) is 2.43. The Morgan fingerprint density at radius 1 is 0.947 bits per heavy atom. The van der Waals surface area contributed by atoms with Gasteiger partial charge in [0.25, 0.3) is 0 Å². The van der Waals surface area contributed by atoms with E-state index >= 15 is 0 Å². The number of hydrogen-bond donors (Lipinski definition) is 1. The summed E-state index contributed by atoms with van der Waals surface area (Å²) in [6, 6.07) is 3.77. The molecular weight excluding hydrogens is 252 g/mol. The van der Waals surface area contributed by atoms with Gasteiger partial charge in [-0.3, -0.25) is 4.79 Å². The van der Waals surface area contributed by atoms with Crippen LogP contribution in [0.5, 0.6) is 0 Å². The highest BCUT2D eigenvalue weighted by Gasteiger charge is 2.19. The minimum atomic E-state index is -1.24. The second kappa shape index (κ2) is 6.10. The van der Waals surface area contributed by atoms with Gasteiger partial charge < -0.3 is 14.6 Å². The fourth-order valence-corrected chi connectivity index (χ4v) is 1.48. The molecule has 0 unspecified atom stereocenters. The number of benzene rings is 1. The number of aliphatic hydroxyl groups is 1. The Labute approximate surface area is 109 Å². The number of Topliss-reactive ketones (excluding diaryl/α,β-unsaturated/α-hetero) is 1. The van der Waals surface area contributed by atoms with Gasteiger partial charge in [0.1, 0.15) is 6.10 Å². The molecule has 0 aliphatic heterocycles. The summed E-state index contributed by atoms with van der Waals surface area (Å²) in [7, 11) is 2.37. The highest BCUT2D eigenvalue weighted by Crippen LogP contribution is 2.14. The Kier molecular flexibility index (Phi) is 4.77. The third-order valence-corrected chi connectivity index (χ3v) is 2.44. The largest absolute Gasteiger partial charge is 0.465 e. The van der Waals surface area contributed by atoms with Gasteiger partial charge in [-0.25, -0.2) is 9.59 Å². The van der Waals surface area contributed by atoms with E-state index in [0.29, 0.717) is 0 Å². The van der Waals surface area contributed by atoms with E-state index in [1.807, 2.05) is 0 Å². The average molecular weight is 266 g/mol. The molecule has 0 aromatic heterocycles. The van der Waals surface area contributed by atoms with Crippen LogP contribution in [0.2, 0.25) is 0 Å². The molecule has 102 valence electrons. The zero-order valence-electron chi connectivity index (χ0n) is 10.8. The Morgan fingerprint density at radius 2 is 1.32 bits per heavy atom. The molecule has 1 atom stereocenters. The minimum Gasteiger partial charge on any atom is -0.465 e. The lowest BCUT2D eigenvalue weighted by Gasteiger charge is -2.08. The Balaban J connectivity index is 3.36. The summed E-state index contributed by atoms with van der Waals surface area (Å²) in [4.78, 5) is 34.7. The van der Waals surface area contributed by atoms with E-state index in [9.17, 15) is 19.5 Å². The van der Waals surface area contributed by atoms with Gasteiger partial charge in [0, 0.05) is 5.56 Å². The maximum Gasteiger partial charge on any atom is 0.337 e. The molecule has 1 aromatic carbocycles. The number of carbonyl (C=O) groups excluding carboxylic acids is 3. The number of methoxy groups -OCH3 is 2. The van der Waals surface area contributed by atoms with Crippen molar-refractivity contribution in [1.82, 2.24) is 0 Å². The molecule has 1 aromatic rings. The molecule has 0 aliphatic rings. The van der Waals surface area contributed by atoms with Crippen LogP contribution < -0.4 is 0 Å². The van der Waals surface area contributed by atoms with Crippen LogP contribution in [0.15, 0.2) is 18.2 Å². The molecule has 0 bridgehead atoms. The predicted molar refractivity (Wildman–Crippen MR) is 65.1 cm³/mol. The van der Waals surface area contributed by atoms with Gasteiger partial charge in [0.15, 0.2) is 5.78 Å². The number of ether oxygens (including phenoxy) is 2. The smallest absolute Gasteiger partial charge is 0.337 e. The lowest BCUT2D eigenvalue weighted by molar-refractivity contribution is 0.0599. The fraction of sp³-hybridized carbons (Fsp3) is 0.308. The van der Waals surface area contributed by atoms with Gasteiger partial charge in [-0.2, -0.15) is 0 Å². The maximum atomic E-state index is 11.7. The monoisotopic (exact) mass is 266 g/mol. The first-order valence-electron chi connectivity index (χ1n) is 5.44. The number of rotatable bonds is 4. The van der Waals surface area contributed by atoms with Crippen LogP contribution in [0, 0.1) is 0 Å². The predicted octanol–water partition coefficient (Wildman–Crippen LogP) is 0.823. The highest BCUT2D eigenvalue weighted by molar-refractivity contribution is 6.04. The van der Waals surface area contributed by atoms with Crippen LogP contribution in [0.3, 0.4) is 0 Å². The molecule has 0 radical (unpaired) electrons. The highest BCUT2D eigenvalue weighted by atomic mass is 16.5. The zero-order valence-corrected chi connectivity index (χ0v) is 10.8. The van der Waals surface area contributed by atoms with Crippen molar-refractivity contribution in [3.05, 3.63) is 34.9 Å². The minimum absolute atomic E-state index is 0.0365. The van der Waals surface area contributed by atoms with Gasteiger partial charge in [-0.05, 0) is 25.1 Å². The maximum absolute atomic E-state index is 11.7. The summed E-state index contributed by atoms with van der Waals surface area (Å²) in [5.41, 5.74) is 0.113. The van der Waals surface area contributed by atoms with Gasteiger partial charge in [-0.15, -0.1) is 0 Å². The quantitative estimate of drug-likeness (QED) is 0.641. The molecule has 1 rings (SSSR count). The van der Waals surface area contributed by atoms with Crippen LogP contribution in [0.25, 0.3) is 0 Å². The third-order valence-electron chi connectivity index (χ3n) is 2.44. The lowest BCUT2D eigenvalue weighted by atomic mass is 10.0. The van der Waals surface area contributed by atoms with Gasteiger partial charge in [0.05, 0.1) is 25.3 Å². The second-order valence-corrected chi connectivity index (χ2v) is 3.82. The number of hydrogen-bond acceptors (Lipinski definition) is 6. The van der Waals surface area contributed by atoms with Crippen LogP contribution in [-0.2, 0) is 9.47 Å². The summed E-state index contributed by atoms with van der Waals surface area (Å²) in [6.45, 7) is 1.30. The molecule has 0 amide bonds. The van der Waals surface area contributed by atoms with E-state index < -0.39 is 23.8 Å². The number of carbonyl (C=O) groups is 3. The molecule has 6 nitrogen and oxygen atoms in total. The summed E-state index contributed by atoms with van der Waals surface area (Å²) in [6.07, 6.45) is -1.24. The summed E-state index contributed by atoms with van der Waals surface area (Å²) in [5.74, 6) is -1.98. The molecule has 0 saturated carbocycles. The molecule has 0 spiro atoms. The van der Waals surface area contributed by atoms with Crippen LogP contribution >= 0.6 is 0 Å².